The summed E-state index contributed by atoms with van der Waals surface area (Å²) < 4.78 is 0. The summed E-state index contributed by atoms with van der Waals surface area (Å²) in [6, 6.07) is 14.7. The number of nitrogens with one attached hydrogen (secondary N) is 1. The first-order valence-electron chi connectivity index (χ1n) is 6.66. The van der Waals surface area contributed by atoms with Crippen LogP contribution >= 0.6 is 0 Å². The summed E-state index contributed by atoms with van der Waals surface area (Å²) in [5.74, 6) is -0.149. The van der Waals surface area contributed by atoms with Crippen LogP contribution in [-0.4, -0.2) is 10.9 Å². The Bertz CT molecular complexity index is 822. The predicted octanol–water partition coefficient (Wildman–Crippen LogP) is 3.38. The minimum atomic E-state index is -0.149. The zero-order chi connectivity index (χ0) is 14.8. The van der Waals surface area contributed by atoms with Gasteiger partial charge in [-0.15, -0.1) is 0 Å². The van der Waals surface area contributed by atoms with E-state index < -0.39 is 0 Å². The van der Waals surface area contributed by atoms with Crippen molar-refractivity contribution < 1.29 is 4.79 Å². The van der Waals surface area contributed by atoms with Crippen LogP contribution in [0.1, 0.15) is 15.9 Å². The molecular weight excluding hydrogens is 262 g/mol. The number of anilines is 2. The topological polar surface area (TPSA) is 68.0 Å². The third kappa shape index (κ3) is 2.56. The van der Waals surface area contributed by atoms with Crippen LogP contribution in [0.5, 0.6) is 0 Å². The summed E-state index contributed by atoms with van der Waals surface area (Å²) in [5, 5.41) is 3.86. The first kappa shape index (κ1) is 13.1. The van der Waals surface area contributed by atoms with Crippen LogP contribution in [0, 0.1) is 6.92 Å². The van der Waals surface area contributed by atoms with Crippen LogP contribution in [-0.2, 0) is 0 Å². The highest BCUT2D eigenvalue weighted by molar-refractivity contribution is 6.09. The summed E-state index contributed by atoms with van der Waals surface area (Å²) in [6.07, 6.45) is 1.73. The summed E-state index contributed by atoms with van der Waals surface area (Å²) in [4.78, 5) is 16.7. The second-order valence-electron chi connectivity index (χ2n) is 4.90. The lowest BCUT2D eigenvalue weighted by Crippen LogP contribution is -2.13. The van der Waals surface area contributed by atoms with Gasteiger partial charge in [0.1, 0.15) is 0 Å². The van der Waals surface area contributed by atoms with Gasteiger partial charge < -0.3 is 11.1 Å². The molecule has 0 aliphatic heterocycles. The van der Waals surface area contributed by atoms with Crippen LogP contribution < -0.4 is 11.1 Å². The smallest absolute Gasteiger partial charge is 0.255 e. The predicted molar refractivity (Wildman–Crippen MR) is 85.3 cm³/mol. The number of fused-ring (bicyclic) bond motifs is 1. The number of aryl methyl sites for hydroxylation is 1. The first-order chi connectivity index (χ1) is 10.1. The quantitative estimate of drug-likeness (QED) is 0.706. The van der Waals surface area contributed by atoms with Gasteiger partial charge in [-0.2, -0.15) is 0 Å². The average molecular weight is 277 g/mol. The maximum Gasteiger partial charge on any atom is 0.255 e. The fourth-order valence-electron chi connectivity index (χ4n) is 2.34. The van der Waals surface area contributed by atoms with E-state index in [9.17, 15) is 4.79 Å². The van der Waals surface area contributed by atoms with Gasteiger partial charge in [-0.1, -0.05) is 6.07 Å². The molecule has 0 atom stereocenters. The average Bonchev–Trinajstić information content (AvgIpc) is 2.47. The molecule has 21 heavy (non-hydrogen) atoms. The number of carbonyl (C=O) groups is 1. The fourth-order valence-corrected chi connectivity index (χ4v) is 2.34. The molecule has 0 saturated carbocycles. The van der Waals surface area contributed by atoms with Crippen molar-refractivity contribution in [3.8, 4) is 0 Å². The summed E-state index contributed by atoms with van der Waals surface area (Å²) in [7, 11) is 0. The minimum absolute atomic E-state index is 0.149. The van der Waals surface area contributed by atoms with Gasteiger partial charge in [0.2, 0.25) is 0 Å². The number of amides is 1. The number of hydrogen-bond acceptors (Lipinski definition) is 3. The van der Waals surface area contributed by atoms with Crippen molar-refractivity contribution in [2.24, 2.45) is 0 Å². The minimum Gasteiger partial charge on any atom is -0.399 e. The highest BCUT2D eigenvalue weighted by atomic mass is 16.1. The van der Waals surface area contributed by atoms with Gasteiger partial charge in [0.15, 0.2) is 0 Å². The van der Waals surface area contributed by atoms with Crippen LogP contribution in [0.4, 0.5) is 11.4 Å². The molecule has 3 N–H and O–H groups in total. The molecule has 4 heteroatoms. The Morgan fingerprint density at radius 2 is 2.00 bits per heavy atom. The number of carbonyl (C=O) groups excluding carboxylic acids is 1. The van der Waals surface area contributed by atoms with Gasteiger partial charge in [-0.05, 0) is 55.0 Å². The van der Waals surface area contributed by atoms with Crippen LogP contribution in [0.3, 0.4) is 0 Å². The number of hydrogen-bond donors (Lipinski definition) is 2. The van der Waals surface area contributed by atoms with Gasteiger partial charge in [0, 0.05) is 22.8 Å². The van der Waals surface area contributed by atoms with E-state index in [1.807, 2.05) is 37.3 Å². The lowest BCUT2D eigenvalue weighted by atomic mass is 10.1. The number of pyridine rings is 1. The molecular formula is C17H15N3O. The van der Waals surface area contributed by atoms with Crippen molar-refractivity contribution in [3.05, 3.63) is 65.9 Å². The molecule has 104 valence electrons. The number of benzene rings is 2. The summed E-state index contributed by atoms with van der Waals surface area (Å²) >= 11 is 0. The summed E-state index contributed by atoms with van der Waals surface area (Å²) in [5.41, 5.74) is 9.44. The zero-order valence-corrected chi connectivity index (χ0v) is 11.6. The van der Waals surface area contributed by atoms with Gasteiger partial charge in [-0.25, -0.2) is 0 Å². The Kier molecular flexibility index (Phi) is 3.28. The van der Waals surface area contributed by atoms with Crippen molar-refractivity contribution in [3.63, 3.8) is 0 Å². The molecule has 0 saturated heterocycles. The van der Waals surface area contributed by atoms with Gasteiger partial charge in [-0.3, -0.25) is 9.78 Å². The highest BCUT2D eigenvalue weighted by Gasteiger charge is 2.11. The molecule has 0 fully saturated rings. The standard InChI is InChI=1S/C17H15N3O/c1-11-10-12(18)7-8-13(11)17(21)20-16-6-2-5-15-14(16)4-3-9-19-15/h2-10H,18H2,1H3,(H,20,21). The molecule has 1 amide bonds. The van der Waals surface area contributed by atoms with Gasteiger partial charge in [0.05, 0.1) is 11.2 Å². The van der Waals surface area contributed by atoms with Crippen LogP contribution in [0.2, 0.25) is 0 Å². The molecule has 0 aliphatic rings. The summed E-state index contributed by atoms with van der Waals surface area (Å²) in [6.45, 7) is 1.87. The van der Waals surface area contributed by atoms with Crippen LogP contribution in [0.15, 0.2) is 54.7 Å². The molecule has 0 aliphatic carbocycles. The second-order valence-corrected chi connectivity index (χ2v) is 4.90. The maximum atomic E-state index is 12.4. The normalized spacial score (nSPS) is 10.5. The molecule has 1 heterocycles. The molecule has 0 unspecified atom stereocenters. The van der Waals surface area contributed by atoms with Crippen molar-refractivity contribution in [1.82, 2.24) is 4.98 Å². The van der Waals surface area contributed by atoms with Crippen molar-refractivity contribution >= 4 is 28.2 Å². The van der Waals surface area contributed by atoms with E-state index in [1.165, 1.54) is 0 Å². The Morgan fingerprint density at radius 1 is 1.14 bits per heavy atom. The van der Waals surface area contributed by atoms with E-state index in [0.29, 0.717) is 11.3 Å². The monoisotopic (exact) mass is 277 g/mol. The van der Waals surface area contributed by atoms with Crippen molar-refractivity contribution in [2.45, 2.75) is 6.92 Å². The highest BCUT2D eigenvalue weighted by Crippen LogP contribution is 2.22. The molecule has 1 aromatic heterocycles. The molecule has 3 aromatic rings. The lowest BCUT2D eigenvalue weighted by Gasteiger charge is -2.10. The van der Waals surface area contributed by atoms with Crippen molar-refractivity contribution in [1.29, 1.82) is 0 Å². The molecule has 0 spiro atoms. The Labute approximate surface area is 122 Å². The van der Waals surface area contributed by atoms with E-state index in [1.54, 1.807) is 24.4 Å². The van der Waals surface area contributed by atoms with Gasteiger partial charge >= 0.3 is 0 Å². The Hall–Kier alpha value is -2.88. The first-order valence-corrected chi connectivity index (χ1v) is 6.66. The fraction of sp³-hybridized carbons (Fsp3) is 0.0588. The number of nitrogen functional groups attached to an aromatic ring is 1. The number of nitrogens with zero attached hydrogens (tertiary/aromatic N) is 1. The SMILES string of the molecule is Cc1cc(N)ccc1C(=O)Nc1cccc2ncccc12. The van der Waals surface area contributed by atoms with E-state index in [-0.39, 0.29) is 5.91 Å². The zero-order valence-electron chi connectivity index (χ0n) is 11.6. The Balaban J connectivity index is 1.97. The maximum absolute atomic E-state index is 12.4. The van der Waals surface area contributed by atoms with E-state index in [4.69, 9.17) is 5.73 Å². The van der Waals surface area contributed by atoms with E-state index >= 15 is 0 Å². The molecule has 0 radical (unpaired) electrons. The molecule has 2 aromatic carbocycles. The molecule has 0 bridgehead atoms. The lowest BCUT2D eigenvalue weighted by molar-refractivity contribution is 0.102. The van der Waals surface area contributed by atoms with Crippen LogP contribution in [0.25, 0.3) is 10.9 Å². The third-order valence-corrected chi connectivity index (χ3v) is 3.39. The number of rotatable bonds is 2. The Morgan fingerprint density at radius 3 is 2.81 bits per heavy atom. The second kappa shape index (κ2) is 5.25. The van der Waals surface area contributed by atoms with Gasteiger partial charge in [0.25, 0.3) is 5.91 Å². The number of aromatic nitrogens is 1. The van der Waals surface area contributed by atoms with Crippen molar-refractivity contribution in [2.75, 3.05) is 11.1 Å². The largest absolute Gasteiger partial charge is 0.399 e. The third-order valence-electron chi connectivity index (χ3n) is 3.39. The number of nitrogens with two attached hydrogens (primary N) is 1. The van der Waals surface area contributed by atoms with E-state index in [2.05, 4.69) is 10.3 Å². The molecule has 3 rings (SSSR count). The molecule has 4 nitrogen and oxygen atoms in total. The van der Waals surface area contributed by atoms with E-state index in [0.717, 1.165) is 22.2 Å².